The lowest BCUT2D eigenvalue weighted by atomic mass is 10.2. The molecule has 9 nitrogen and oxygen atoms in total. The Kier molecular flexibility index (Phi) is 6.89. The van der Waals surface area contributed by atoms with Gasteiger partial charge in [0.25, 0.3) is 5.56 Å². The summed E-state index contributed by atoms with van der Waals surface area (Å²) in [5, 5.41) is 8.15. The molecule has 0 amide bonds. The lowest BCUT2D eigenvalue weighted by Gasteiger charge is -2.07. The number of anilines is 1. The first-order chi connectivity index (χ1) is 12.4. The van der Waals surface area contributed by atoms with Crippen molar-refractivity contribution < 1.29 is 0 Å². The monoisotopic (exact) mass is 430 g/mol. The summed E-state index contributed by atoms with van der Waals surface area (Å²) in [6.07, 6.45) is 1.52. The predicted molar refractivity (Wildman–Crippen MR) is 110 cm³/mol. The summed E-state index contributed by atoms with van der Waals surface area (Å²) >= 11 is 11.9. The van der Waals surface area contributed by atoms with E-state index in [-0.39, 0.29) is 23.9 Å². The van der Waals surface area contributed by atoms with Crippen molar-refractivity contribution in [2.24, 2.45) is 16.5 Å². The van der Waals surface area contributed by atoms with E-state index in [0.717, 1.165) is 5.56 Å². The van der Waals surface area contributed by atoms with Crippen LogP contribution in [0.1, 0.15) is 5.56 Å². The Morgan fingerprint density at radius 2 is 2.07 bits per heavy atom. The molecule has 0 saturated heterocycles. The number of nitrogens with one attached hydrogen (secondary N) is 2. The van der Waals surface area contributed by atoms with Crippen LogP contribution in [0.5, 0.6) is 0 Å². The number of fused-ring (bicyclic) bond motifs is 1. The van der Waals surface area contributed by atoms with Crippen molar-refractivity contribution in [3.8, 4) is 0 Å². The van der Waals surface area contributed by atoms with Crippen molar-refractivity contribution in [2.75, 3.05) is 11.9 Å². The summed E-state index contributed by atoms with van der Waals surface area (Å²) in [6, 6.07) is 5.29. The van der Waals surface area contributed by atoms with Crippen LogP contribution in [0.25, 0.3) is 11.0 Å². The average Bonchev–Trinajstić information content (AvgIpc) is 2.99. The molecule has 0 bridgehead atoms. The summed E-state index contributed by atoms with van der Waals surface area (Å²) in [4.78, 5) is 23.3. The summed E-state index contributed by atoms with van der Waals surface area (Å²) < 4.78 is 1.51. The van der Waals surface area contributed by atoms with Crippen LogP contribution in [-0.4, -0.2) is 32.3 Å². The highest BCUT2D eigenvalue weighted by molar-refractivity contribution is 6.42. The van der Waals surface area contributed by atoms with Crippen LogP contribution >= 0.6 is 35.6 Å². The topological polar surface area (TPSA) is 140 Å². The molecule has 0 aliphatic heterocycles. The fourth-order valence-corrected chi connectivity index (χ4v) is 2.69. The van der Waals surface area contributed by atoms with Gasteiger partial charge in [-0.2, -0.15) is 5.10 Å². The van der Waals surface area contributed by atoms with Gasteiger partial charge in [-0.05, 0) is 17.7 Å². The maximum atomic E-state index is 12.4. The molecular weight excluding hydrogens is 415 g/mol. The lowest BCUT2D eigenvalue weighted by Crippen LogP contribution is -2.24. The van der Waals surface area contributed by atoms with E-state index >= 15 is 0 Å². The van der Waals surface area contributed by atoms with E-state index in [0.29, 0.717) is 46.7 Å². The van der Waals surface area contributed by atoms with E-state index in [9.17, 15) is 4.79 Å². The normalized spacial score (nSPS) is 10.4. The van der Waals surface area contributed by atoms with Gasteiger partial charge in [0.1, 0.15) is 5.52 Å². The third kappa shape index (κ3) is 5.03. The second-order valence-corrected chi connectivity index (χ2v) is 6.24. The van der Waals surface area contributed by atoms with Crippen LogP contribution in [0.3, 0.4) is 0 Å². The molecule has 12 heteroatoms. The molecule has 0 spiro atoms. The number of aliphatic imine (C=N–C) groups is 1. The Balaban J connectivity index is 0.00000261. The highest BCUT2D eigenvalue weighted by Crippen LogP contribution is 2.22. The number of halogens is 3. The van der Waals surface area contributed by atoms with Crippen LogP contribution in [0.4, 0.5) is 5.95 Å². The standard InChI is InChI=1S/C15H16Cl2N8O.ClH/c16-9-2-1-8(5-10(9)17)6-21-15-23-11-7-22-25(4-3-20-14(18)19)12(11)13(26)24-15;/h1-2,5,7H,3-4,6H2,(H4,18,19,20)(H2,21,23,24,26);1H. The number of rotatable bonds is 6. The zero-order valence-corrected chi connectivity index (χ0v) is 16.3. The molecule has 0 atom stereocenters. The van der Waals surface area contributed by atoms with E-state index in [1.807, 2.05) is 6.07 Å². The number of aromatic nitrogens is 4. The third-order valence-corrected chi connectivity index (χ3v) is 4.29. The smallest absolute Gasteiger partial charge is 0.278 e. The van der Waals surface area contributed by atoms with Gasteiger partial charge in [-0.25, -0.2) is 4.98 Å². The van der Waals surface area contributed by atoms with Gasteiger partial charge in [-0.1, -0.05) is 29.3 Å². The van der Waals surface area contributed by atoms with Crippen LogP contribution in [0.15, 0.2) is 34.2 Å². The van der Waals surface area contributed by atoms with Crippen molar-refractivity contribution in [3.05, 3.63) is 50.4 Å². The Labute approximate surface area is 170 Å². The van der Waals surface area contributed by atoms with Crippen LogP contribution < -0.4 is 22.3 Å². The number of nitrogens with two attached hydrogens (primary N) is 2. The summed E-state index contributed by atoms with van der Waals surface area (Å²) in [6.45, 7) is 1.10. The van der Waals surface area contributed by atoms with Gasteiger partial charge in [0.15, 0.2) is 11.5 Å². The summed E-state index contributed by atoms with van der Waals surface area (Å²) in [7, 11) is 0. The molecule has 2 heterocycles. The molecule has 144 valence electrons. The Bertz CT molecular complexity index is 1030. The number of nitrogens with zero attached hydrogens (tertiary/aromatic N) is 4. The number of hydrogen-bond acceptors (Lipinski definition) is 5. The molecule has 1 aromatic carbocycles. The number of hydrogen-bond donors (Lipinski definition) is 4. The molecule has 0 fully saturated rings. The van der Waals surface area contributed by atoms with Gasteiger partial charge in [0.05, 0.1) is 29.3 Å². The third-order valence-electron chi connectivity index (χ3n) is 3.55. The van der Waals surface area contributed by atoms with Crippen molar-refractivity contribution in [1.29, 1.82) is 0 Å². The number of benzene rings is 1. The fourth-order valence-electron chi connectivity index (χ4n) is 2.37. The number of aromatic amines is 1. The Morgan fingerprint density at radius 1 is 1.30 bits per heavy atom. The van der Waals surface area contributed by atoms with E-state index in [1.54, 1.807) is 12.1 Å². The minimum atomic E-state index is -0.311. The van der Waals surface area contributed by atoms with E-state index in [1.165, 1.54) is 10.9 Å². The summed E-state index contributed by atoms with van der Waals surface area (Å²) in [5.41, 5.74) is 12.0. The minimum Gasteiger partial charge on any atom is -0.370 e. The van der Waals surface area contributed by atoms with Crippen molar-refractivity contribution in [2.45, 2.75) is 13.1 Å². The maximum absolute atomic E-state index is 12.4. The van der Waals surface area contributed by atoms with Crippen LogP contribution in [0, 0.1) is 0 Å². The van der Waals surface area contributed by atoms with Gasteiger partial charge in [-0.3, -0.25) is 19.5 Å². The van der Waals surface area contributed by atoms with Crippen molar-refractivity contribution in [3.63, 3.8) is 0 Å². The molecule has 6 N–H and O–H groups in total. The molecule has 0 saturated carbocycles. The minimum absolute atomic E-state index is 0. The van der Waals surface area contributed by atoms with Gasteiger partial charge < -0.3 is 16.8 Å². The first kappa shape index (κ1) is 20.8. The van der Waals surface area contributed by atoms with Crippen LogP contribution in [0.2, 0.25) is 10.0 Å². The van der Waals surface area contributed by atoms with E-state index in [2.05, 4.69) is 25.4 Å². The van der Waals surface area contributed by atoms with Gasteiger partial charge in [-0.15, -0.1) is 12.4 Å². The molecule has 27 heavy (non-hydrogen) atoms. The first-order valence-electron chi connectivity index (χ1n) is 7.63. The molecule has 0 aliphatic carbocycles. The predicted octanol–water partition coefficient (Wildman–Crippen LogP) is 1.73. The Morgan fingerprint density at radius 3 is 2.78 bits per heavy atom. The maximum Gasteiger partial charge on any atom is 0.278 e. The quantitative estimate of drug-likeness (QED) is 0.346. The molecular formula is C15H17Cl3N8O. The molecule has 2 aromatic heterocycles. The number of H-pyrrole nitrogens is 1. The molecule has 0 radical (unpaired) electrons. The first-order valence-corrected chi connectivity index (χ1v) is 8.38. The number of guanidine groups is 1. The zero-order valence-electron chi connectivity index (χ0n) is 13.9. The fraction of sp³-hybridized carbons (Fsp3) is 0.200. The van der Waals surface area contributed by atoms with Gasteiger partial charge in [0, 0.05) is 6.54 Å². The molecule has 0 aliphatic rings. The highest BCUT2D eigenvalue weighted by atomic mass is 35.5. The SMILES string of the molecule is Cl.NC(N)=NCCn1ncc2nc(NCc3ccc(Cl)c(Cl)c3)[nH]c(=O)c21. The lowest BCUT2D eigenvalue weighted by molar-refractivity contribution is 0.644. The zero-order chi connectivity index (χ0) is 18.7. The van der Waals surface area contributed by atoms with Crippen molar-refractivity contribution >= 4 is 58.6 Å². The van der Waals surface area contributed by atoms with E-state index < -0.39 is 0 Å². The summed E-state index contributed by atoms with van der Waals surface area (Å²) in [5.74, 6) is 0.319. The largest absolute Gasteiger partial charge is 0.370 e. The highest BCUT2D eigenvalue weighted by Gasteiger charge is 2.10. The van der Waals surface area contributed by atoms with Crippen molar-refractivity contribution in [1.82, 2.24) is 19.7 Å². The van der Waals surface area contributed by atoms with Gasteiger partial charge in [0.2, 0.25) is 5.95 Å². The van der Waals surface area contributed by atoms with E-state index in [4.69, 9.17) is 34.7 Å². The molecule has 3 aromatic rings. The van der Waals surface area contributed by atoms with Gasteiger partial charge >= 0.3 is 0 Å². The van der Waals surface area contributed by atoms with Crippen LogP contribution in [-0.2, 0) is 13.1 Å². The second-order valence-electron chi connectivity index (χ2n) is 5.42. The average molecular weight is 432 g/mol. The molecule has 0 unspecified atom stereocenters. The Hall–Kier alpha value is -2.49. The molecule has 3 rings (SSSR count). The second kappa shape index (κ2) is 8.94.